The van der Waals surface area contributed by atoms with Crippen molar-refractivity contribution in [1.29, 1.82) is 0 Å². The first-order chi connectivity index (χ1) is 11.5. The molecule has 8 heteroatoms. The van der Waals surface area contributed by atoms with Gasteiger partial charge in [-0.3, -0.25) is 0 Å². The van der Waals surface area contributed by atoms with E-state index in [1.54, 1.807) is 19.2 Å². The summed E-state index contributed by atoms with van der Waals surface area (Å²) in [5, 5.41) is 3.73. The summed E-state index contributed by atoms with van der Waals surface area (Å²) >= 11 is 6.83. The summed E-state index contributed by atoms with van der Waals surface area (Å²) in [7, 11) is 1.55. The maximum atomic E-state index is 10.6. The summed E-state index contributed by atoms with van der Waals surface area (Å²) < 4.78 is 12.9. The molecule has 2 amide bonds. The van der Waals surface area contributed by atoms with E-state index in [1.807, 2.05) is 24.3 Å². The minimum absolute atomic E-state index is 0.409. The van der Waals surface area contributed by atoms with Crippen molar-refractivity contribution in [2.75, 3.05) is 7.11 Å². The van der Waals surface area contributed by atoms with Crippen molar-refractivity contribution in [1.82, 2.24) is 5.43 Å². The minimum atomic E-state index is -0.733. The summed E-state index contributed by atoms with van der Waals surface area (Å²) in [5.41, 5.74) is 8.83. The van der Waals surface area contributed by atoms with Gasteiger partial charge in [-0.25, -0.2) is 10.2 Å². The molecule has 6 nitrogen and oxygen atoms in total. The van der Waals surface area contributed by atoms with Crippen LogP contribution in [0.5, 0.6) is 11.5 Å². The SMILES string of the molecule is COc1cc(/C=N\NC(N)=O)c(Br)cc1OCc1ccc(Br)cc1. The van der Waals surface area contributed by atoms with Gasteiger partial charge in [0.05, 0.1) is 13.3 Å². The summed E-state index contributed by atoms with van der Waals surface area (Å²) in [4.78, 5) is 10.6. The Balaban J connectivity index is 2.15. The Hall–Kier alpha value is -2.06. The number of methoxy groups -OCH3 is 1. The lowest BCUT2D eigenvalue weighted by Crippen LogP contribution is -2.24. The van der Waals surface area contributed by atoms with Crippen LogP contribution in [0.15, 0.2) is 50.4 Å². The van der Waals surface area contributed by atoms with Gasteiger partial charge in [0, 0.05) is 14.5 Å². The van der Waals surface area contributed by atoms with Crippen LogP contribution in [-0.2, 0) is 6.61 Å². The van der Waals surface area contributed by atoms with Gasteiger partial charge in [-0.15, -0.1) is 0 Å². The third kappa shape index (κ3) is 5.24. The molecular formula is C16H15Br2N3O3. The lowest BCUT2D eigenvalue weighted by atomic mass is 10.2. The smallest absolute Gasteiger partial charge is 0.332 e. The molecule has 0 heterocycles. The number of urea groups is 1. The van der Waals surface area contributed by atoms with Crippen LogP contribution < -0.4 is 20.6 Å². The average molecular weight is 457 g/mol. The van der Waals surface area contributed by atoms with Gasteiger partial charge >= 0.3 is 6.03 Å². The van der Waals surface area contributed by atoms with Crippen LogP contribution in [0, 0.1) is 0 Å². The van der Waals surface area contributed by atoms with Gasteiger partial charge in [0.2, 0.25) is 0 Å². The van der Waals surface area contributed by atoms with E-state index in [1.165, 1.54) is 6.21 Å². The molecule has 0 aliphatic rings. The van der Waals surface area contributed by atoms with Gasteiger partial charge in [0.15, 0.2) is 11.5 Å². The Kier molecular flexibility index (Phi) is 6.62. The van der Waals surface area contributed by atoms with E-state index in [0.717, 1.165) is 14.5 Å². The number of nitrogens with two attached hydrogens (primary N) is 1. The Morgan fingerprint density at radius 1 is 1.25 bits per heavy atom. The van der Waals surface area contributed by atoms with Crippen LogP contribution in [0.1, 0.15) is 11.1 Å². The number of hydrogen-bond acceptors (Lipinski definition) is 4. The molecule has 0 aliphatic heterocycles. The molecule has 0 unspecified atom stereocenters. The molecule has 3 N–H and O–H groups in total. The molecule has 0 radical (unpaired) electrons. The highest BCUT2D eigenvalue weighted by atomic mass is 79.9. The van der Waals surface area contributed by atoms with Crippen LogP contribution >= 0.6 is 31.9 Å². The molecule has 2 aromatic rings. The number of halogens is 2. The fraction of sp³-hybridized carbons (Fsp3) is 0.125. The molecular weight excluding hydrogens is 442 g/mol. The number of carbonyl (C=O) groups excluding carboxylic acids is 1. The molecule has 0 aliphatic carbocycles. The predicted molar refractivity (Wildman–Crippen MR) is 99.5 cm³/mol. The highest BCUT2D eigenvalue weighted by molar-refractivity contribution is 9.10. The zero-order valence-corrected chi connectivity index (χ0v) is 15.9. The Morgan fingerprint density at radius 3 is 2.58 bits per heavy atom. The number of hydrogen-bond donors (Lipinski definition) is 2. The Labute approximate surface area is 156 Å². The third-order valence-corrected chi connectivity index (χ3v) is 4.18. The first-order valence-electron chi connectivity index (χ1n) is 6.83. The first-order valence-corrected chi connectivity index (χ1v) is 8.41. The quantitative estimate of drug-likeness (QED) is 0.512. The summed E-state index contributed by atoms with van der Waals surface area (Å²) in [6.07, 6.45) is 1.45. The second-order valence-electron chi connectivity index (χ2n) is 4.67. The summed E-state index contributed by atoms with van der Waals surface area (Å²) in [6.45, 7) is 0.409. The van der Waals surface area contributed by atoms with Gasteiger partial charge < -0.3 is 15.2 Å². The second-order valence-corrected chi connectivity index (χ2v) is 6.44. The van der Waals surface area contributed by atoms with E-state index in [2.05, 4.69) is 42.4 Å². The molecule has 0 spiro atoms. The number of benzene rings is 2. The zero-order valence-electron chi connectivity index (χ0n) is 12.8. The molecule has 126 valence electrons. The van der Waals surface area contributed by atoms with E-state index in [4.69, 9.17) is 15.2 Å². The fourth-order valence-electron chi connectivity index (χ4n) is 1.83. The van der Waals surface area contributed by atoms with E-state index in [0.29, 0.717) is 23.7 Å². The van der Waals surface area contributed by atoms with Crippen molar-refractivity contribution in [3.05, 3.63) is 56.5 Å². The number of carbonyl (C=O) groups is 1. The number of rotatable bonds is 6. The molecule has 2 rings (SSSR count). The maximum Gasteiger partial charge on any atom is 0.332 e. The van der Waals surface area contributed by atoms with Crippen molar-refractivity contribution in [2.24, 2.45) is 10.8 Å². The number of nitrogens with zero attached hydrogens (tertiary/aromatic N) is 1. The topological polar surface area (TPSA) is 85.9 Å². The van der Waals surface area contributed by atoms with Crippen LogP contribution in [-0.4, -0.2) is 19.4 Å². The van der Waals surface area contributed by atoms with Crippen molar-refractivity contribution in [2.45, 2.75) is 6.61 Å². The lowest BCUT2D eigenvalue weighted by Gasteiger charge is -2.13. The van der Waals surface area contributed by atoms with E-state index < -0.39 is 6.03 Å². The molecule has 0 atom stereocenters. The van der Waals surface area contributed by atoms with Gasteiger partial charge in [0.1, 0.15) is 6.61 Å². The molecule has 0 bridgehead atoms. The lowest BCUT2D eigenvalue weighted by molar-refractivity contribution is 0.249. The summed E-state index contributed by atoms with van der Waals surface area (Å²) in [6, 6.07) is 10.7. The van der Waals surface area contributed by atoms with Gasteiger partial charge in [0.25, 0.3) is 0 Å². The van der Waals surface area contributed by atoms with E-state index >= 15 is 0 Å². The van der Waals surface area contributed by atoms with Crippen molar-refractivity contribution in [3.8, 4) is 11.5 Å². The van der Waals surface area contributed by atoms with Crippen molar-refractivity contribution < 1.29 is 14.3 Å². The minimum Gasteiger partial charge on any atom is -0.493 e. The van der Waals surface area contributed by atoms with Crippen LogP contribution in [0.4, 0.5) is 4.79 Å². The standard InChI is InChI=1S/C16H15Br2N3O3/c1-23-14-6-11(8-20-21-16(19)22)13(18)7-15(14)24-9-10-2-4-12(17)5-3-10/h2-8H,9H2,1H3,(H3,19,21,22)/b20-8-. The number of hydrazone groups is 1. The highest BCUT2D eigenvalue weighted by Crippen LogP contribution is 2.33. The Bertz CT molecular complexity index is 749. The molecule has 0 saturated heterocycles. The summed E-state index contributed by atoms with van der Waals surface area (Å²) in [5.74, 6) is 1.14. The number of primary amides is 1. The zero-order chi connectivity index (χ0) is 17.5. The van der Waals surface area contributed by atoms with E-state index in [-0.39, 0.29) is 0 Å². The van der Waals surface area contributed by atoms with Crippen molar-refractivity contribution in [3.63, 3.8) is 0 Å². The van der Waals surface area contributed by atoms with Gasteiger partial charge in [-0.1, -0.05) is 28.1 Å². The van der Waals surface area contributed by atoms with Gasteiger partial charge in [-0.05, 0) is 45.8 Å². The molecule has 0 fully saturated rings. The van der Waals surface area contributed by atoms with Crippen LogP contribution in [0.2, 0.25) is 0 Å². The second kappa shape index (κ2) is 8.70. The average Bonchev–Trinajstić information content (AvgIpc) is 2.55. The molecule has 0 aromatic heterocycles. The largest absolute Gasteiger partial charge is 0.493 e. The third-order valence-electron chi connectivity index (χ3n) is 2.97. The number of nitrogens with one attached hydrogen (secondary N) is 1. The highest BCUT2D eigenvalue weighted by Gasteiger charge is 2.10. The maximum absolute atomic E-state index is 10.6. The first kappa shape index (κ1) is 18.3. The number of amides is 2. The fourth-order valence-corrected chi connectivity index (χ4v) is 2.52. The monoisotopic (exact) mass is 455 g/mol. The molecule has 0 saturated carbocycles. The predicted octanol–water partition coefficient (Wildman–Crippen LogP) is 3.80. The normalized spacial score (nSPS) is 10.6. The van der Waals surface area contributed by atoms with Crippen LogP contribution in [0.25, 0.3) is 0 Å². The van der Waals surface area contributed by atoms with Gasteiger partial charge in [-0.2, -0.15) is 5.10 Å². The van der Waals surface area contributed by atoms with E-state index in [9.17, 15) is 4.79 Å². The number of ether oxygens (including phenoxy) is 2. The molecule has 24 heavy (non-hydrogen) atoms. The molecule has 2 aromatic carbocycles. The Morgan fingerprint density at radius 2 is 1.96 bits per heavy atom. The van der Waals surface area contributed by atoms with Crippen molar-refractivity contribution >= 4 is 44.1 Å². The van der Waals surface area contributed by atoms with Crippen LogP contribution in [0.3, 0.4) is 0 Å².